The van der Waals surface area contributed by atoms with Crippen LogP contribution in [0.2, 0.25) is 0 Å². The molecule has 0 aliphatic carbocycles. The highest BCUT2D eigenvalue weighted by atomic mass is 32.2. The molecule has 0 amide bonds. The Balaban J connectivity index is 1.65. The van der Waals surface area contributed by atoms with E-state index in [9.17, 15) is 8.42 Å². The second-order valence-electron chi connectivity index (χ2n) is 6.22. The molecule has 0 spiro atoms. The summed E-state index contributed by atoms with van der Waals surface area (Å²) < 4.78 is 29.1. The van der Waals surface area contributed by atoms with Crippen LogP contribution in [0.1, 0.15) is 24.4 Å². The Kier molecular flexibility index (Phi) is 4.55. The van der Waals surface area contributed by atoms with E-state index in [-0.39, 0.29) is 0 Å². The van der Waals surface area contributed by atoms with Crippen molar-refractivity contribution in [3.8, 4) is 0 Å². The first-order valence-electron chi connectivity index (χ1n) is 8.02. The first-order chi connectivity index (χ1) is 11.0. The van der Waals surface area contributed by atoms with Crippen LogP contribution in [0.3, 0.4) is 0 Å². The van der Waals surface area contributed by atoms with Gasteiger partial charge in [-0.1, -0.05) is 18.2 Å². The molecule has 0 saturated carbocycles. The molecule has 1 aliphatic heterocycles. The summed E-state index contributed by atoms with van der Waals surface area (Å²) >= 11 is 0. The molecule has 0 bridgehead atoms. The molecule has 3 rings (SSSR count). The maximum absolute atomic E-state index is 12.6. The van der Waals surface area contributed by atoms with Gasteiger partial charge >= 0.3 is 0 Å². The molecule has 124 valence electrons. The van der Waals surface area contributed by atoms with Crippen molar-refractivity contribution < 1.29 is 8.42 Å². The summed E-state index contributed by atoms with van der Waals surface area (Å²) in [5.41, 5.74) is 1.17. The molecule has 5 nitrogen and oxygen atoms in total. The minimum atomic E-state index is -3.35. The number of piperidine rings is 1. The van der Waals surface area contributed by atoms with Crippen molar-refractivity contribution in [3.05, 3.63) is 48.0 Å². The van der Waals surface area contributed by atoms with Crippen molar-refractivity contribution >= 4 is 10.0 Å². The van der Waals surface area contributed by atoms with E-state index in [1.807, 2.05) is 19.2 Å². The molecule has 2 aromatic rings. The Bertz CT molecular complexity index is 741. The molecule has 1 saturated heterocycles. The van der Waals surface area contributed by atoms with Gasteiger partial charge in [0.2, 0.25) is 10.0 Å². The first-order valence-corrected chi connectivity index (χ1v) is 9.46. The number of rotatable bonds is 4. The van der Waals surface area contributed by atoms with Crippen LogP contribution in [-0.4, -0.2) is 35.4 Å². The van der Waals surface area contributed by atoms with Gasteiger partial charge in [0.15, 0.2) is 0 Å². The topological polar surface area (TPSA) is 55.2 Å². The van der Waals surface area contributed by atoms with E-state index in [2.05, 4.69) is 16.5 Å². The van der Waals surface area contributed by atoms with Gasteiger partial charge in [-0.2, -0.15) is 4.31 Å². The molecular weight excluding hydrogens is 310 g/mol. The molecular formula is C17H23N3O2S. The highest BCUT2D eigenvalue weighted by Gasteiger charge is 2.29. The Hall–Kier alpha value is -1.66. The fraction of sp³-hybridized carbons (Fsp3) is 0.471. The van der Waals surface area contributed by atoms with Gasteiger partial charge in [-0.15, -0.1) is 0 Å². The lowest BCUT2D eigenvalue weighted by atomic mass is 9.98. The summed E-state index contributed by atoms with van der Waals surface area (Å²) in [6.45, 7) is 6.19. The standard InChI is InChI=1S/C17H23N3O2S/c1-14-12-18-15(2)20(14)13-16-8-10-19(11-9-16)23(21,22)17-6-4-3-5-7-17/h3-7,12,16H,8-11,13H2,1-2H3. The molecule has 1 fully saturated rings. The molecule has 0 unspecified atom stereocenters. The molecule has 2 heterocycles. The van der Waals surface area contributed by atoms with Crippen LogP contribution in [0.15, 0.2) is 41.4 Å². The van der Waals surface area contributed by atoms with Crippen molar-refractivity contribution in [2.75, 3.05) is 13.1 Å². The molecule has 1 aromatic heterocycles. The van der Waals surface area contributed by atoms with E-state index in [1.165, 1.54) is 5.69 Å². The Labute approximate surface area is 138 Å². The van der Waals surface area contributed by atoms with Gasteiger partial charge in [0.25, 0.3) is 0 Å². The van der Waals surface area contributed by atoms with E-state index < -0.39 is 10.0 Å². The summed E-state index contributed by atoms with van der Waals surface area (Å²) in [4.78, 5) is 4.72. The zero-order chi connectivity index (χ0) is 16.4. The van der Waals surface area contributed by atoms with Gasteiger partial charge in [-0.3, -0.25) is 0 Å². The lowest BCUT2D eigenvalue weighted by Gasteiger charge is -2.31. The van der Waals surface area contributed by atoms with Gasteiger partial charge in [-0.05, 0) is 44.7 Å². The maximum atomic E-state index is 12.6. The lowest BCUT2D eigenvalue weighted by molar-refractivity contribution is 0.251. The fourth-order valence-electron chi connectivity index (χ4n) is 3.19. The number of hydrogen-bond donors (Lipinski definition) is 0. The molecule has 0 radical (unpaired) electrons. The number of aryl methyl sites for hydroxylation is 2. The monoisotopic (exact) mass is 333 g/mol. The van der Waals surface area contributed by atoms with Crippen LogP contribution in [-0.2, 0) is 16.6 Å². The largest absolute Gasteiger partial charge is 0.332 e. The molecule has 23 heavy (non-hydrogen) atoms. The third kappa shape index (κ3) is 3.33. The molecule has 1 aliphatic rings. The predicted molar refractivity (Wildman–Crippen MR) is 89.6 cm³/mol. The van der Waals surface area contributed by atoms with Crippen LogP contribution in [0.25, 0.3) is 0 Å². The average Bonchev–Trinajstić information content (AvgIpc) is 2.88. The molecule has 1 aromatic carbocycles. The van der Waals surface area contributed by atoms with Gasteiger partial charge in [-0.25, -0.2) is 13.4 Å². The number of aromatic nitrogens is 2. The van der Waals surface area contributed by atoms with Gasteiger partial charge in [0.1, 0.15) is 5.82 Å². The third-order valence-electron chi connectivity index (χ3n) is 4.65. The van der Waals surface area contributed by atoms with Crippen LogP contribution in [0, 0.1) is 19.8 Å². The van der Waals surface area contributed by atoms with Gasteiger partial charge in [0, 0.05) is 31.5 Å². The van der Waals surface area contributed by atoms with Crippen LogP contribution in [0.4, 0.5) is 0 Å². The van der Waals surface area contributed by atoms with Crippen molar-refractivity contribution in [1.82, 2.24) is 13.9 Å². The fourth-order valence-corrected chi connectivity index (χ4v) is 4.68. The second-order valence-corrected chi connectivity index (χ2v) is 8.16. The second kappa shape index (κ2) is 6.45. The smallest absolute Gasteiger partial charge is 0.243 e. The summed E-state index contributed by atoms with van der Waals surface area (Å²) in [5, 5.41) is 0. The van der Waals surface area contributed by atoms with Crippen molar-refractivity contribution in [3.63, 3.8) is 0 Å². The first kappa shape index (κ1) is 16.2. The quantitative estimate of drug-likeness (QED) is 0.864. The summed E-state index contributed by atoms with van der Waals surface area (Å²) in [6, 6.07) is 8.70. The highest BCUT2D eigenvalue weighted by molar-refractivity contribution is 7.89. The van der Waals surface area contributed by atoms with E-state index in [1.54, 1.807) is 28.6 Å². The number of nitrogens with zero attached hydrogens (tertiary/aromatic N) is 3. The van der Waals surface area contributed by atoms with Gasteiger partial charge < -0.3 is 4.57 Å². The van der Waals surface area contributed by atoms with Crippen molar-refractivity contribution in [2.24, 2.45) is 5.92 Å². The van der Waals surface area contributed by atoms with E-state index in [0.29, 0.717) is 23.9 Å². The van der Waals surface area contributed by atoms with Crippen molar-refractivity contribution in [2.45, 2.75) is 38.1 Å². The van der Waals surface area contributed by atoms with Crippen LogP contribution in [0.5, 0.6) is 0 Å². The van der Waals surface area contributed by atoms with Gasteiger partial charge in [0.05, 0.1) is 4.90 Å². The van der Waals surface area contributed by atoms with E-state index in [4.69, 9.17) is 0 Å². The highest BCUT2D eigenvalue weighted by Crippen LogP contribution is 2.25. The van der Waals surface area contributed by atoms with Crippen LogP contribution >= 0.6 is 0 Å². The molecule has 6 heteroatoms. The maximum Gasteiger partial charge on any atom is 0.243 e. The molecule has 0 atom stereocenters. The summed E-state index contributed by atoms with van der Waals surface area (Å²) in [7, 11) is -3.35. The average molecular weight is 333 g/mol. The number of hydrogen-bond acceptors (Lipinski definition) is 3. The Morgan fingerprint density at radius 2 is 1.78 bits per heavy atom. The number of sulfonamides is 1. The minimum absolute atomic E-state index is 0.389. The van der Waals surface area contributed by atoms with E-state index >= 15 is 0 Å². The lowest BCUT2D eigenvalue weighted by Crippen LogP contribution is -2.39. The Morgan fingerprint density at radius 1 is 1.13 bits per heavy atom. The number of benzene rings is 1. The normalized spacial score (nSPS) is 17.5. The molecule has 0 N–H and O–H groups in total. The zero-order valence-corrected chi connectivity index (χ0v) is 14.5. The summed E-state index contributed by atoms with van der Waals surface area (Å²) in [6.07, 6.45) is 3.68. The predicted octanol–water partition coefficient (Wildman–Crippen LogP) is 2.60. The van der Waals surface area contributed by atoms with E-state index in [0.717, 1.165) is 25.2 Å². The minimum Gasteiger partial charge on any atom is -0.332 e. The van der Waals surface area contributed by atoms with Crippen LogP contribution < -0.4 is 0 Å². The SMILES string of the molecule is Cc1cnc(C)n1CC1CCN(S(=O)(=O)c2ccccc2)CC1. The Morgan fingerprint density at radius 3 is 2.35 bits per heavy atom. The third-order valence-corrected chi connectivity index (χ3v) is 6.56. The number of imidazole rings is 1. The summed E-state index contributed by atoms with van der Waals surface area (Å²) in [5.74, 6) is 1.53. The zero-order valence-electron chi connectivity index (χ0n) is 13.6. The van der Waals surface area contributed by atoms with Crippen molar-refractivity contribution in [1.29, 1.82) is 0 Å².